The van der Waals surface area contributed by atoms with E-state index in [9.17, 15) is 9.59 Å². The van der Waals surface area contributed by atoms with E-state index in [4.69, 9.17) is 15.2 Å². The quantitative estimate of drug-likeness (QED) is 0.514. The predicted octanol–water partition coefficient (Wildman–Crippen LogP) is 5.50. The average molecular weight is 531 g/mol. The SMILES string of the molecule is CCOC(=O)C1=C(N)N(c2ccc(OC)cc2)C2=C(C(=O)CC(C)(C)C2)[C@@H]1c1cc(Br)cs1. The van der Waals surface area contributed by atoms with Gasteiger partial charge in [0.1, 0.15) is 11.6 Å². The number of allylic oxidation sites excluding steroid dienone is 2. The van der Waals surface area contributed by atoms with Gasteiger partial charge in [0.15, 0.2) is 5.78 Å². The second-order valence-electron chi connectivity index (χ2n) is 8.95. The van der Waals surface area contributed by atoms with Crippen LogP contribution in [0.3, 0.4) is 0 Å². The number of carbonyl (C=O) groups excluding carboxylic acids is 2. The highest BCUT2D eigenvalue weighted by Crippen LogP contribution is 2.51. The number of ketones is 1. The Labute approximate surface area is 206 Å². The Morgan fingerprint density at radius 3 is 2.55 bits per heavy atom. The molecule has 2 aromatic rings. The molecule has 2 N–H and O–H groups in total. The van der Waals surface area contributed by atoms with Gasteiger partial charge in [-0.3, -0.25) is 9.69 Å². The summed E-state index contributed by atoms with van der Waals surface area (Å²) in [4.78, 5) is 29.6. The molecule has 1 atom stereocenters. The van der Waals surface area contributed by atoms with Crippen LogP contribution in [0.15, 0.2) is 62.8 Å². The van der Waals surface area contributed by atoms with Gasteiger partial charge in [0.05, 0.1) is 25.2 Å². The molecule has 0 unspecified atom stereocenters. The minimum atomic E-state index is -0.562. The van der Waals surface area contributed by atoms with Gasteiger partial charge in [-0.1, -0.05) is 13.8 Å². The highest BCUT2D eigenvalue weighted by molar-refractivity contribution is 9.10. The first kappa shape index (κ1) is 23.6. The first-order chi connectivity index (χ1) is 15.7. The number of esters is 1. The molecule has 0 saturated heterocycles. The lowest BCUT2D eigenvalue weighted by Gasteiger charge is -2.44. The number of nitrogens with two attached hydrogens (primary N) is 1. The lowest BCUT2D eigenvalue weighted by Crippen LogP contribution is -2.43. The summed E-state index contributed by atoms with van der Waals surface area (Å²) in [5, 5.41) is 1.95. The minimum Gasteiger partial charge on any atom is -0.497 e. The Morgan fingerprint density at radius 2 is 1.97 bits per heavy atom. The first-order valence-corrected chi connectivity index (χ1v) is 12.4. The average Bonchev–Trinajstić information content (AvgIpc) is 3.18. The van der Waals surface area contributed by atoms with E-state index >= 15 is 0 Å². The van der Waals surface area contributed by atoms with Crippen molar-refractivity contribution < 1.29 is 19.1 Å². The van der Waals surface area contributed by atoms with E-state index in [0.29, 0.717) is 29.7 Å². The van der Waals surface area contributed by atoms with Gasteiger partial charge in [0.25, 0.3) is 0 Å². The summed E-state index contributed by atoms with van der Waals surface area (Å²) in [5.74, 6) is -0.0406. The van der Waals surface area contributed by atoms with Gasteiger partial charge in [-0.15, -0.1) is 11.3 Å². The Balaban J connectivity index is 1.99. The third-order valence-corrected chi connectivity index (χ3v) is 7.72. The van der Waals surface area contributed by atoms with Crippen LogP contribution in [0.2, 0.25) is 0 Å². The number of methoxy groups -OCH3 is 1. The maximum Gasteiger partial charge on any atom is 0.338 e. The van der Waals surface area contributed by atoms with E-state index in [-0.39, 0.29) is 23.6 Å². The fourth-order valence-corrected chi connectivity index (χ4v) is 6.17. The normalized spacial score (nSPS) is 20.1. The van der Waals surface area contributed by atoms with Gasteiger partial charge < -0.3 is 15.2 Å². The maximum atomic E-state index is 13.6. The molecule has 0 spiro atoms. The highest BCUT2D eigenvalue weighted by Gasteiger charge is 2.47. The van der Waals surface area contributed by atoms with E-state index in [1.807, 2.05) is 40.6 Å². The molecule has 8 heteroatoms. The number of anilines is 1. The van der Waals surface area contributed by atoms with Gasteiger partial charge >= 0.3 is 5.97 Å². The lowest BCUT2D eigenvalue weighted by atomic mass is 9.69. The third-order valence-electron chi connectivity index (χ3n) is 5.96. The van der Waals surface area contributed by atoms with Gasteiger partial charge in [-0.25, -0.2) is 4.79 Å². The molecule has 1 aliphatic carbocycles. The van der Waals surface area contributed by atoms with Crippen LogP contribution in [0.5, 0.6) is 5.75 Å². The van der Waals surface area contributed by atoms with Crippen molar-refractivity contribution in [3.8, 4) is 5.75 Å². The van der Waals surface area contributed by atoms with Gasteiger partial charge in [0.2, 0.25) is 0 Å². The predicted molar refractivity (Wildman–Crippen MR) is 133 cm³/mol. The van der Waals surface area contributed by atoms with E-state index in [2.05, 4.69) is 29.8 Å². The number of rotatable bonds is 5. The number of benzene rings is 1. The van der Waals surface area contributed by atoms with Gasteiger partial charge in [-0.2, -0.15) is 0 Å². The molecule has 33 heavy (non-hydrogen) atoms. The Hall–Kier alpha value is -2.58. The summed E-state index contributed by atoms with van der Waals surface area (Å²) in [5.41, 5.74) is 9.04. The zero-order valence-electron chi connectivity index (χ0n) is 19.1. The van der Waals surface area contributed by atoms with Crippen LogP contribution in [-0.4, -0.2) is 25.5 Å². The second kappa shape index (κ2) is 8.99. The standard InChI is InChI=1S/C25H27BrN2O4S/c1-5-32-24(30)22-21(19-10-14(26)13-33-19)20-17(11-25(2,3)12-18(20)29)28(23(22)27)15-6-8-16(31-4)9-7-15/h6-10,13,21H,5,11-12,27H2,1-4H3/t21-/m0/s1. The molecule has 1 aliphatic heterocycles. The number of hydrogen-bond acceptors (Lipinski definition) is 7. The van der Waals surface area contributed by atoms with E-state index in [1.54, 1.807) is 14.0 Å². The van der Waals surface area contributed by atoms with E-state index in [0.717, 1.165) is 20.7 Å². The van der Waals surface area contributed by atoms with Crippen molar-refractivity contribution in [2.75, 3.05) is 18.6 Å². The Bertz CT molecular complexity index is 1160. The molecule has 2 aliphatic rings. The number of carbonyl (C=O) groups is 2. The summed E-state index contributed by atoms with van der Waals surface area (Å²) < 4.78 is 11.6. The van der Waals surface area contributed by atoms with Crippen molar-refractivity contribution in [2.24, 2.45) is 11.1 Å². The summed E-state index contributed by atoms with van der Waals surface area (Å²) >= 11 is 5.00. The molecular weight excluding hydrogens is 504 g/mol. The van der Waals surface area contributed by atoms with Crippen molar-refractivity contribution in [2.45, 2.75) is 39.5 Å². The molecule has 0 amide bonds. The smallest absolute Gasteiger partial charge is 0.338 e. The first-order valence-electron chi connectivity index (χ1n) is 10.8. The van der Waals surface area contributed by atoms with Crippen molar-refractivity contribution in [1.29, 1.82) is 0 Å². The van der Waals surface area contributed by atoms with Crippen LogP contribution in [0.1, 0.15) is 44.4 Å². The monoisotopic (exact) mass is 530 g/mol. The van der Waals surface area contributed by atoms with Crippen LogP contribution in [-0.2, 0) is 14.3 Å². The van der Waals surface area contributed by atoms with E-state index in [1.165, 1.54) is 11.3 Å². The topological polar surface area (TPSA) is 81.9 Å². The zero-order valence-corrected chi connectivity index (χ0v) is 21.5. The number of thiophene rings is 1. The summed E-state index contributed by atoms with van der Waals surface area (Å²) in [6.45, 7) is 6.14. The molecule has 174 valence electrons. The van der Waals surface area contributed by atoms with E-state index < -0.39 is 11.9 Å². The second-order valence-corrected chi connectivity index (χ2v) is 10.8. The Kier molecular flexibility index (Phi) is 6.42. The third kappa shape index (κ3) is 4.34. The number of halogens is 1. The molecule has 0 fully saturated rings. The molecule has 6 nitrogen and oxygen atoms in total. The number of ether oxygens (including phenoxy) is 2. The van der Waals surface area contributed by atoms with Gasteiger partial charge in [0, 0.05) is 38.1 Å². The molecular formula is C25H27BrN2O4S. The van der Waals surface area contributed by atoms with Crippen LogP contribution < -0.4 is 15.4 Å². The fourth-order valence-electron chi connectivity index (χ4n) is 4.61. The Morgan fingerprint density at radius 1 is 1.27 bits per heavy atom. The molecule has 1 aromatic heterocycles. The molecule has 2 heterocycles. The van der Waals surface area contributed by atoms with Crippen LogP contribution in [0.4, 0.5) is 5.69 Å². The molecule has 0 saturated carbocycles. The highest BCUT2D eigenvalue weighted by atomic mass is 79.9. The largest absolute Gasteiger partial charge is 0.497 e. The molecule has 0 radical (unpaired) electrons. The van der Waals surface area contributed by atoms with Crippen molar-refractivity contribution in [3.63, 3.8) is 0 Å². The molecule has 4 rings (SSSR count). The number of hydrogen-bond donors (Lipinski definition) is 1. The van der Waals surface area contributed by atoms with Crippen LogP contribution in [0.25, 0.3) is 0 Å². The summed E-state index contributed by atoms with van der Waals surface area (Å²) in [6.07, 6.45) is 1.06. The van der Waals surface area contributed by atoms with Crippen molar-refractivity contribution >= 4 is 44.7 Å². The number of nitrogens with zero attached hydrogens (tertiary/aromatic N) is 1. The van der Waals surface area contributed by atoms with Crippen molar-refractivity contribution in [3.05, 3.63) is 67.7 Å². The number of Topliss-reactive ketones (excluding diaryl/α,β-unsaturated/α-hetero) is 1. The molecule has 0 bridgehead atoms. The summed E-state index contributed by atoms with van der Waals surface area (Å²) in [7, 11) is 1.61. The summed E-state index contributed by atoms with van der Waals surface area (Å²) in [6, 6.07) is 9.39. The van der Waals surface area contributed by atoms with Crippen LogP contribution >= 0.6 is 27.3 Å². The lowest BCUT2D eigenvalue weighted by molar-refractivity contribution is -0.138. The van der Waals surface area contributed by atoms with Crippen LogP contribution in [0, 0.1) is 5.41 Å². The van der Waals surface area contributed by atoms with Crippen molar-refractivity contribution in [1.82, 2.24) is 0 Å². The molecule has 1 aromatic carbocycles. The van der Waals surface area contributed by atoms with Gasteiger partial charge in [-0.05, 0) is 65.0 Å². The maximum absolute atomic E-state index is 13.6. The fraction of sp³-hybridized carbons (Fsp3) is 0.360. The minimum absolute atomic E-state index is 0.0311. The zero-order chi connectivity index (χ0) is 23.9.